The molecule has 1 N–H and O–H groups in total. The maximum Gasteiger partial charge on any atom is 0.257 e. The van der Waals surface area contributed by atoms with E-state index in [2.05, 4.69) is 24.1 Å². The second kappa shape index (κ2) is 13.2. The maximum atomic E-state index is 13.3. The highest BCUT2D eigenvalue weighted by atomic mass is 16.5. The van der Waals surface area contributed by atoms with Crippen molar-refractivity contribution in [2.45, 2.75) is 58.1 Å². The molecule has 3 rings (SSSR count). The number of nitrogens with one attached hydrogen (secondary N) is 1. The van der Waals surface area contributed by atoms with Crippen molar-refractivity contribution in [2.75, 3.05) is 59.4 Å². The Hall–Kier alpha value is -2.16. The van der Waals surface area contributed by atoms with Crippen LogP contribution in [0, 0.1) is 11.8 Å². The van der Waals surface area contributed by atoms with Crippen LogP contribution in [-0.4, -0.2) is 87.9 Å². The summed E-state index contributed by atoms with van der Waals surface area (Å²) in [6, 6.07) is 5.35. The first-order valence-electron chi connectivity index (χ1n) is 12.9. The average molecular weight is 490 g/mol. The first-order chi connectivity index (χ1) is 16.8. The normalized spacial score (nSPS) is 25.2. The van der Waals surface area contributed by atoms with Gasteiger partial charge in [0.25, 0.3) is 5.91 Å². The molecule has 8 nitrogen and oxygen atoms in total. The lowest BCUT2D eigenvalue weighted by atomic mass is 9.88. The molecule has 0 saturated heterocycles. The molecule has 1 saturated carbocycles. The minimum Gasteiger partial charge on any atom is -0.491 e. The molecule has 1 aromatic rings. The molecule has 1 aliphatic heterocycles. The SMILES string of the molecule is COCC(=O)Nc1ccc2c(c1)OC[C@H](C)N(CC1CCCCC1)C[C@H](C)[C@@H](OC)CN(C)C2=O. The summed E-state index contributed by atoms with van der Waals surface area (Å²) in [7, 11) is 5.00. The number of benzene rings is 1. The first-order valence-corrected chi connectivity index (χ1v) is 12.9. The molecule has 3 atom stereocenters. The lowest BCUT2D eigenvalue weighted by Crippen LogP contribution is -2.48. The van der Waals surface area contributed by atoms with Crippen molar-refractivity contribution in [3.05, 3.63) is 23.8 Å². The number of rotatable bonds is 6. The number of hydrogen-bond acceptors (Lipinski definition) is 6. The largest absolute Gasteiger partial charge is 0.491 e. The minimum atomic E-state index is -0.256. The van der Waals surface area contributed by atoms with E-state index >= 15 is 0 Å². The van der Waals surface area contributed by atoms with E-state index in [-0.39, 0.29) is 36.5 Å². The molecule has 1 aromatic carbocycles. The summed E-state index contributed by atoms with van der Waals surface area (Å²) in [6.07, 6.45) is 6.49. The van der Waals surface area contributed by atoms with E-state index in [1.54, 1.807) is 37.3 Å². The lowest BCUT2D eigenvalue weighted by molar-refractivity contribution is -0.119. The molecule has 1 fully saturated rings. The Kier molecular flexibility index (Phi) is 10.4. The van der Waals surface area contributed by atoms with Crippen molar-refractivity contribution >= 4 is 17.5 Å². The second-order valence-corrected chi connectivity index (χ2v) is 10.2. The van der Waals surface area contributed by atoms with Gasteiger partial charge >= 0.3 is 0 Å². The average Bonchev–Trinajstić information content (AvgIpc) is 2.85. The monoisotopic (exact) mass is 489 g/mol. The molecule has 2 aliphatic rings. The quantitative estimate of drug-likeness (QED) is 0.657. The highest BCUT2D eigenvalue weighted by Gasteiger charge is 2.29. The smallest absolute Gasteiger partial charge is 0.257 e. The number of fused-ring (bicyclic) bond motifs is 1. The molecule has 196 valence electrons. The predicted octanol–water partition coefficient (Wildman–Crippen LogP) is 3.66. The van der Waals surface area contributed by atoms with Crippen molar-refractivity contribution in [3.63, 3.8) is 0 Å². The summed E-state index contributed by atoms with van der Waals surface area (Å²) in [5, 5.41) is 2.80. The van der Waals surface area contributed by atoms with Crippen LogP contribution in [0.5, 0.6) is 5.75 Å². The van der Waals surface area contributed by atoms with Gasteiger partial charge in [0, 0.05) is 58.7 Å². The van der Waals surface area contributed by atoms with Crippen molar-refractivity contribution in [1.29, 1.82) is 0 Å². The van der Waals surface area contributed by atoms with Crippen LogP contribution in [0.15, 0.2) is 18.2 Å². The van der Waals surface area contributed by atoms with Crippen LogP contribution in [0.25, 0.3) is 0 Å². The Labute approximate surface area is 210 Å². The van der Waals surface area contributed by atoms with Crippen molar-refractivity contribution in [1.82, 2.24) is 9.80 Å². The molecule has 0 spiro atoms. The number of carbonyl (C=O) groups excluding carboxylic acids is 2. The molecule has 8 heteroatoms. The lowest BCUT2D eigenvalue weighted by Gasteiger charge is -2.38. The summed E-state index contributed by atoms with van der Waals surface area (Å²) in [5.41, 5.74) is 1.05. The third-order valence-electron chi connectivity index (χ3n) is 7.35. The topological polar surface area (TPSA) is 80.3 Å². The zero-order chi connectivity index (χ0) is 25.4. The zero-order valence-corrected chi connectivity index (χ0v) is 22.0. The number of amides is 2. The fourth-order valence-electron chi connectivity index (χ4n) is 5.21. The molecule has 1 heterocycles. The van der Waals surface area contributed by atoms with Crippen molar-refractivity contribution < 1.29 is 23.8 Å². The highest BCUT2D eigenvalue weighted by Crippen LogP contribution is 2.29. The van der Waals surface area contributed by atoms with Crippen LogP contribution >= 0.6 is 0 Å². The standard InChI is InChI=1S/C27H43N3O5/c1-19-14-30(15-21-9-7-6-8-10-21)20(2)17-35-24-13-22(28-26(31)18-33-4)11-12-23(24)27(32)29(3)16-25(19)34-5/h11-13,19-21,25H,6-10,14-18H2,1-5H3,(H,28,31)/t19-,20-,25-/m0/s1. The Morgan fingerprint density at radius 2 is 1.89 bits per heavy atom. The van der Waals surface area contributed by atoms with E-state index in [0.717, 1.165) is 13.1 Å². The number of methoxy groups -OCH3 is 2. The molecule has 2 amide bonds. The van der Waals surface area contributed by atoms with Crippen molar-refractivity contribution in [3.8, 4) is 5.75 Å². The van der Waals surface area contributed by atoms with Crippen molar-refractivity contribution in [2.24, 2.45) is 11.8 Å². The first kappa shape index (κ1) is 27.4. The summed E-state index contributed by atoms with van der Waals surface area (Å²) in [4.78, 5) is 29.6. The molecule has 0 radical (unpaired) electrons. The fraction of sp³-hybridized carbons (Fsp3) is 0.704. The minimum absolute atomic E-state index is 0.0383. The third kappa shape index (κ3) is 7.66. The van der Waals surface area contributed by atoms with E-state index in [9.17, 15) is 9.59 Å². The van der Waals surface area contributed by atoms with E-state index in [1.165, 1.54) is 39.2 Å². The van der Waals surface area contributed by atoms with E-state index in [4.69, 9.17) is 14.2 Å². The van der Waals surface area contributed by atoms with E-state index in [0.29, 0.717) is 36.1 Å². The van der Waals surface area contributed by atoms with Gasteiger partial charge in [0.05, 0.1) is 11.7 Å². The maximum absolute atomic E-state index is 13.3. The van der Waals surface area contributed by atoms with Gasteiger partial charge in [0.2, 0.25) is 5.91 Å². The number of carbonyl (C=O) groups is 2. The highest BCUT2D eigenvalue weighted by molar-refractivity contribution is 5.98. The zero-order valence-electron chi connectivity index (χ0n) is 22.0. The van der Waals surface area contributed by atoms with Crippen LogP contribution in [0.3, 0.4) is 0 Å². The molecular weight excluding hydrogens is 446 g/mol. The fourth-order valence-corrected chi connectivity index (χ4v) is 5.21. The predicted molar refractivity (Wildman–Crippen MR) is 137 cm³/mol. The molecular formula is C27H43N3O5. The summed E-state index contributed by atoms with van der Waals surface area (Å²) < 4.78 is 17.0. The number of anilines is 1. The van der Waals surface area contributed by atoms with Gasteiger partial charge in [-0.05, 0) is 43.7 Å². The van der Waals surface area contributed by atoms with Gasteiger partial charge in [0.15, 0.2) is 0 Å². The van der Waals surface area contributed by atoms with Crippen LogP contribution in [0.4, 0.5) is 5.69 Å². The Balaban J connectivity index is 1.88. The molecule has 1 aliphatic carbocycles. The van der Waals surface area contributed by atoms with Crippen LogP contribution in [0.1, 0.15) is 56.3 Å². The van der Waals surface area contributed by atoms with E-state index in [1.807, 2.05) is 0 Å². The summed E-state index contributed by atoms with van der Waals surface area (Å²) in [5.74, 6) is 1.07. The number of hydrogen-bond donors (Lipinski definition) is 1. The van der Waals surface area contributed by atoms with Gasteiger partial charge in [-0.2, -0.15) is 0 Å². The van der Waals surface area contributed by atoms with E-state index < -0.39 is 0 Å². The third-order valence-corrected chi connectivity index (χ3v) is 7.35. The van der Waals surface area contributed by atoms with Gasteiger partial charge in [-0.1, -0.05) is 26.2 Å². The second-order valence-electron chi connectivity index (χ2n) is 10.2. The van der Waals surface area contributed by atoms with Crippen LogP contribution < -0.4 is 10.1 Å². The Morgan fingerprint density at radius 1 is 1.14 bits per heavy atom. The molecule has 0 bridgehead atoms. The summed E-state index contributed by atoms with van der Waals surface area (Å²) >= 11 is 0. The van der Waals surface area contributed by atoms with Gasteiger partial charge < -0.3 is 24.4 Å². The summed E-state index contributed by atoms with van der Waals surface area (Å²) in [6.45, 7) is 7.26. The van der Waals surface area contributed by atoms with Gasteiger partial charge in [0.1, 0.15) is 19.0 Å². The number of likely N-dealkylation sites (N-methyl/N-ethyl adjacent to an activating group) is 1. The van der Waals surface area contributed by atoms with Crippen LogP contribution in [0.2, 0.25) is 0 Å². The number of nitrogens with zero attached hydrogens (tertiary/aromatic N) is 2. The van der Waals surface area contributed by atoms with Crippen LogP contribution in [-0.2, 0) is 14.3 Å². The Morgan fingerprint density at radius 3 is 2.57 bits per heavy atom. The Bertz CT molecular complexity index is 842. The van der Waals surface area contributed by atoms with Gasteiger partial charge in [-0.15, -0.1) is 0 Å². The van der Waals surface area contributed by atoms with Gasteiger partial charge in [-0.25, -0.2) is 0 Å². The number of ether oxygens (including phenoxy) is 3. The molecule has 0 unspecified atom stereocenters. The molecule has 35 heavy (non-hydrogen) atoms. The van der Waals surface area contributed by atoms with Gasteiger partial charge in [-0.3, -0.25) is 14.5 Å². The molecule has 0 aromatic heterocycles.